The minimum Gasteiger partial charge on any atom is -0.472 e. The van der Waals surface area contributed by atoms with E-state index in [1.54, 1.807) is 0 Å². The van der Waals surface area contributed by atoms with E-state index in [9.17, 15) is 0 Å². The lowest BCUT2D eigenvalue weighted by molar-refractivity contribution is 0.565. The molecule has 1 nitrogen and oxygen atoms in total. The second-order valence-corrected chi connectivity index (χ2v) is 8.58. The first-order valence-corrected chi connectivity index (χ1v) is 9.58. The standard InChI is InChI=1S/C21H21OP/c1-16-13-21(19-11-7-4-8-12-19)14-20(18-9-5-3-6-10-18)22-23(21)15-17(16)2/h3-12,14H,13,15H2,1-2H3. The first-order chi connectivity index (χ1) is 11.2. The van der Waals surface area contributed by atoms with Gasteiger partial charge in [0, 0.05) is 11.7 Å². The number of allylic oxidation sites excluding steroid dienone is 3. The lowest BCUT2D eigenvalue weighted by atomic mass is 9.88. The molecule has 4 rings (SSSR count). The summed E-state index contributed by atoms with van der Waals surface area (Å²) >= 11 is 0. The van der Waals surface area contributed by atoms with Crippen LogP contribution in [0.1, 0.15) is 31.4 Å². The molecule has 2 aliphatic rings. The molecular weight excluding hydrogens is 299 g/mol. The molecule has 0 N–H and O–H groups in total. The van der Waals surface area contributed by atoms with Crippen LogP contribution >= 0.6 is 8.15 Å². The Hall–Kier alpha value is -1.85. The van der Waals surface area contributed by atoms with Gasteiger partial charge in [0.15, 0.2) is 0 Å². The van der Waals surface area contributed by atoms with E-state index in [1.807, 2.05) is 0 Å². The summed E-state index contributed by atoms with van der Waals surface area (Å²) in [5.41, 5.74) is 5.60. The van der Waals surface area contributed by atoms with Gasteiger partial charge in [0.2, 0.25) is 0 Å². The maximum absolute atomic E-state index is 6.52. The Balaban J connectivity index is 1.84. The van der Waals surface area contributed by atoms with Gasteiger partial charge in [0.25, 0.3) is 0 Å². The third-order valence-electron chi connectivity index (χ3n) is 5.00. The quantitative estimate of drug-likeness (QED) is 0.480. The molecule has 0 fully saturated rings. The highest BCUT2D eigenvalue weighted by molar-refractivity contribution is 7.55. The van der Waals surface area contributed by atoms with Crippen LogP contribution < -0.4 is 0 Å². The molecule has 0 bridgehead atoms. The molecule has 2 aromatic carbocycles. The fourth-order valence-electron chi connectivity index (χ4n) is 3.53. The lowest BCUT2D eigenvalue weighted by Crippen LogP contribution is -2.25. The second-order valence-electron chi connectivity index (χ2n) is 6.53. The van der Waals surface area contributed by atoms with Crippen molar-refractivity contribution < 1.29 is 4.52 Å². The van der Waals surface area contributed by atoms with Gasteiger partial charge in [-0.05, 0) is 31.9 Å². The van der Waals surface area contributed by atoms with Crippen molar-refractivity contribution in [3.8, 4) is 0 Å². The molecule has 2 heteroatoms. The Labute approximate surface area is 139 Å². The van der Waals surface area contributed by atoms with Crippen LogP contribution in [0.25, 0.3) is 5.76 Å². The van der Waals surface area contributed by atoms with Crippen molar-refractivity contribution in [2.45, 2.75) is 25.4 Å². The van der Waals surface area contributed by atoms with Gasteiger partial charge in [0.05, 0.1) is 5.16 Å². The summed E-state index contributed by atoms with van der Waals surface area (Å²) in [6.07, 6.45) is 4.55. The summed E-state index contributed by atoms with van der Waals surface area (Å²) in [7, 11) is -0.560. The molecule has 0 aromatic heterocycles. The molecule has 0 saturated heterocycles. The molecule has 2 aliphatic heterocycles. The van der Waals surface area contributed by atoms with E-state index in [-0.39, 0.29) is 5.16 Å². The third kappa shape index (κ3) is 2.44. The summed E-state index contributed by atoms with van der Waals surface area (Å²) in [4.78, 5) is 0. The van der Waals surface area contributed by atoms with Gasteiger partial charge in [-0.1, -0.05) is 71.8 Å². The molecule has 0 spiro atoms. The number of hydrogen-bond donors (Lipinski definition) is 0. The van der Waals surface area contributed by atoms with Crippen molar-refractivity contribution in [1.29, 1.82) is 0 Å². The number of hydrogen-bond acceptors (Lipinski definition) is 1. The average Bonchev–Trinajstić information content (AvgIpc) is 2.97. The zero-order valence-electron chi connectivity index (χ0n) is 13.6. The van der Waals surface area contributed by atoms with Crippen molar-refractivity contribution in [1.82, 2.24) is 0 Å². The summed E-state index contributed by atoms with van der Waals surface area (Å²) in [6.45, 7) is 4.54. The van der Waals surface area contributed by atoms with Gasteiger partial charge in [-0.15, -0.1) is 0 Å². The Morgan fingerprint density at radius 1 is 0.870 bits per heavy atom. The Bertz CT molecular complexity index is 776. The smallest absolute Gasteiger partial charge is 0.127 e. The SMILES string of the molecule is CC1=C(C)CC2(c3ccccc3)C=C(c3ccccc3)OP2C1. The molecule has 2 atom stereocenters. The van der Waals surface area contributed by atoms with E-state index in [1.165, 1.54) is 22.3 Å². The van der Waals surface area contributed by atoms with Crippen LogP contribution in [0, 0.1) is 0 Å². The minimum atomic E-state index is -0.560. The fraction of sp³-hybridized carbons (Fsp3) is 0.238. The van der Waals surface area contributed by atoms with Crippen molar-refractivity contribution in [2.24, 2.45) is 0 Å². The summed E-state index contributed by atoms with van der Waals surface area (Å²) in [5.74, 6) is 1.06. The topological polar surface area (TPSA) is 9.23 Å². The van der Waals surface area contributed by atoms with Crippen LogP contribution in [0.5, 0.6) is 0 Å². The van der Waals surface area contributed by atoms with Crippen LogP contribution in [0.15, 0.2) is 77.9 Å². The molecule has 2 heterocycles. The maximum atomic E-state index is 6.52. The monoisotopic (exact) mass is 320 g/mol. The average molecular weight is 320 g/mol. The fourth-order valence-corrected chi connectivity index (χ4v) is 6.25. The molecule has 0 amide bonds. The van der Waals surface area contributed by atoms with Crippen LogP contribution in [0.3, 0.4) is 0 Å². The van der Waals surface area contributed by atoms with E-state index in [0.717, 1.165) is 18.3 Å². The zero-order valence-corrected chi connectivity index (χ0v) is 14.5. The predicted molar refractivity (Wildman–Crippen MR) is 98.4 cm³/mol. The van der Waals surface area contributed by atoms with Crippen LogP contribution in [-0.4, -0.2) is 6.16 Å². The number of fused-ring (bicyclic) bond motifs is 1. The highest BCUT2D eigenvalue weighted by Gasteiger charge is 2.48. The Morgan fingerprint density at radius 3 is 2.22 bits per heavy atom. The van der Waals surface area contributed by atoms with Gasteiger partial charge in [-0.25, -0.2) is 0 Å². The van der Waals surface area contributed by atoms with E-state index in [4.69, 9.17) is 4.52 Å². The molecule has 2 unspecified atom stereocenters. The van der Waals surface area contributed by atoms with E-state index in [0.29, 0.717) is 0 Å². The zero-order chi connectivity index (χ0) is 15.9. The number of benzene rings is 2. The normalized spacial score (nSPS) is 26.5. The van der Waals surface area contributed by atoms with Crippen molar-refractivity contribution in [3.63, 3.8) is 0 Å². The first kappa shape index (κ1) is 14.7. The highest BCUT2D eigenvalue weighted by atomic mass is 31.1. The molecule has 116 valence electrons. The summed E-state index contributed by atoms with van der Waals surface area (Å²) in [6, 6.07) is 21.4. The molecule has 2 aromatic rings. The minimum absolute atomic E-state index is 0.0331. The van der Waals surface area contributed by atoms with Crippen LogP contribution in [0.2, 0.25) is 0 Å². The van der Waals surface area contributed by atoms with Gasteiger partial charge < -0.3 is 4.52 Å². The maximum Gasteiger partial charge on any atom is 0.127 e. The Morgan fingerprint density at radius 2 is 1.52 bits per heavy atom. The third-order valence-corrected chi connectivity index (χ3v) is 7.61. The van der Waals surface area contributed by atoms with Crippen molar-refractivity contribution >= 4 is 13.9 Å². The Kier molecular flexibility index (Phi) is 3.62. The molecule has 23 heavy (non-hydrogen) atoms. The van der Waals surface area contributed by atoms with E-state index < -0.39 is 8.15 Å². The largest absolute Gasteiger partial charge is 0.472 e. The van der Waals surface area contributed by atoms with Crippen LogP contribution in [0.4, 0.5) is 0 Å². The highest BCUT2D eigenvalue weighted by Crippen LogP contribution is 2.70. The van der Waals surface area contributed by atoms with Gasteiger partial charge in [-0.3, -0.25) is 0 Å². The van der Waals surface area contributed by atoms with Crippen LogP contribution in [-0.2, 0) is 9.68 Å². The second kappa shape index (κ2) is 5.65. The molecule has 0 saturated carbocycles. The van der Waals surface area contributed by atoms with Gasteiger partial charge in [0.1, 0.15) is 13.9 Å². The van der Waals surface area contributed by atoms with Crippen molar-refractivity contribution in [3.05, 3.63) is 89.0 Å². The van der Waals surface area contributed by atoms with Gasteiger partial charge >= 0.3 is 0 Å². The molecular formula is C21H21OP. The van der Waals surface area contributed by atoms with Crippen molar-refractivity contribution in [2.75, 3.05) is 6.16 Å². The van der Waals surface area contributed by atoms with E-state index in [2.05, 4.69) is 80.6 Å². The summed E-state index contributed by atoms with van der Waals surface area (Å²) in [5, 5.41) is 0.0331. The summed E-state index contributed by atoms with van der Waals surface area (Å²) < 4.78 is 6.52. The van der Waals surface area contributed by atoms with Gasteiger partial charge in [-0.2, -0.15) is 0 Å². The van der Waals surface area contributed by atoms with E-state index >= 15 is 0 Å². The molecule has 0 aliphatic carbocycles. The lowest BCUT2D eigenvalue weighted by Gasteiger charge is -2.38. The number of rotatable bonds is 2. The predicted octanol–water partition coefficient (Wildman–Crippen LogP) is 6.09. The molecule has 0 radical (unpaired) electrons. The first-order valence-electron chi connectivity index (χ1n) is 8.14.